The van der Waals surface area contributed by atoms with Crippen molar-refractivity contribution < 1.29 is 18.3 Å². The Balaban J connectivity index is 2.49. The Bertz CT molecular complexity index is 438. The summed E-state index contributed by atoms with van der Waals surface area (Å²) in [7, 11) is -3.53. The molecule has 0 aromatic carbocycles. The molecule has 1 rings (SSSR count). The van der Waals surface area contributed by atoms with Gasteiger partial charge >= 0.3 is 5.97 Å². The van der Waals surface area contributed by atoms with E-state index in [1.54, 1.807) is 0 Å². The SMILES string of the molecule is CC(NS(=O)(=O)CCc1cccs1)C(=O)O. The van der Waals surface area contributed by atoms with E-state index in [0.717, 1.165) is 4.88 Å². The van der Waals surface area contributed by atoms with Crippen LogP contribution in [-0.2, 0) is 21.2 Å². The van der Waals surface area contributed by atoms with Gasteiger partial charge in [-0.3, -0.25) is 4.79 Å². The van der Waals surface area contributed by atoms with E-state index in [-0.39, 0.29) is 5.75 Å². The number of carbonyl (C=O) groups is 1. The zero-order chi connectivity index (χ0) is 12.2. The molecule has 1 unspecified atom stereocenters. The van der Waals surface area contributed by atoms with Crippen LogP contribution in [0.1, 0.15) is 11.8 Å². The lowest BCUT2D eigenvalue weighted by Gasteiger charge is -2.09. The van der Waals surface area contributed by atoms with Crippen LogP contribution < -0.4 is 4.72 Å². The maximum atomic E-state index is 11.5. The molecule has 5 nitrogen and oxygen atoms in total. The van der Waals surface area contributed by atoms with Crippen LogP contribution in [0.25, 0.3) is 0 Å². The molecular formula is C9H13NO4S2. The summed E-state index contributed by atoms with van der Waals surface area (Å²) >= 11 is 1.48. The van der Waals surface area contributed by atoms with Crippen LogP contribution >= 0.6 is 11.3 Å². The van der Waals surface area contributed by atoms with Gasteiger partial charge < -0.3 is 5.11 Å². The first kappa shape index (κ1) is 13.1. The number of hydrogen-bond acceptors (Lipinski definition) is 4. The van der Waals surface area contributed by atoms with E-state index in [1.807, 2.05) is 17.5 Å². The van der Waals surface area contributed by atoms with Gasteiger partial charge in [-0.05, 0) is 24.8 Å². The summed E-state index contributed by atoms with van der Waals surface area (Å²) in [6, 6.07) is 2.61. The first-order valence-electron chi connectivity index (χ1n) is 4.66. The summed E-state index contributed by atoms with van der Waals surface area (Å²) in [5.41, 5.74) is 0. The molecule has 1 aromatic rings. The lowest BCUT2D eigenvalue weighted by Crippen LogP contribution is -2.39. The fraction of sp³-hybridized carbons (Fsp3) is 0.444. The number of carboxylic acid groups (broad SMARTS) is 1. The molecule has 0 amide bonds. The Morgan fingerprint density at radius 2 is 2.31 bits per heavy atom. The molecule has 90 valence electrons. The summed E-state index contributed by atoms with van der Waals surface area (Å²) < 4.78 is 25.0. The minimum absolute atomic E-state index is 0.0921. The smallest absolute Gasteiger partial charge is 0.321 e. The largest absolute Gasteiger partial charge is 0.480 e. The van der Waals surface area contributed by atoms with E-state index in [2.05, 4.69) is 4.72 Å². The number of hydrogen-bond donors (Lipinski definition) is 2. The number of aliphatic carboxylic acids is 1. The van der Waals surface area contributed by atoms with Crippen LogP contribution in [0.2, 0.25) is 0 Å². The maximum absolute atomic E-state index is 11.5. The molecular weight excluding hydrogens is 250 g/mol. The molecule has 0 bridgehead atoms. The Labute approximate surface area is 98.2 Å². The highest BCUT2D eigenvalue weighted by molar-refractivity contribution is 7.89. The van der Waals surface area contributed by atoms with Crippen molar-refractivity contribution in [3.8, 4) is 0 Å². The van der Waals surface area contributed by atoms with E-state index in [0.29, 0.717) is 6.42 Å². The topological polar surface area (TPSA) is 83.5 Å². The van der Waals surface area contributed by atoms with Gasteiger partial charge in [-0.15, -0.1) is 11.3 Å². The highest BCUT2D eigenvalue weighted by Gasteiger charge is 2.19. The summed E-state index contributed by atoms with van der Waals surface area (Å²) in [4.78, 5) is 11.5. The average Bonchev–Trinajstić information content (AvgIpc) is 2.66. The molecule has 16 heavy (non-hydrogen) atoms. The Morgan fingerprint density at radius 1 is 1.62 bits per heavy atom. The quantitative estimate of drug-likeness (QED) is 0.790. The van der Waals surface area contributed by atoms with Gasteiger partial charge in [-0.2, -0.15) is 0 Å². The van der Waals surface area contributed by atoms with Gasteiger partial charge in [0.25, 0.3) is 0 Å². The molecule has 1 heterocycles. The monoisotopic (exact) mass is 263 g/mol. The molecule has 0 aliphatic rings. The zero-order valence-corrected chi connectivity index (χ0v) is 10.3. The molecule has 2 N–H and O–H groups in total. The Morgan fingerprint density at radius 3 is 2.81 bits per heavy atom. The summed E-state index contributed by atoms with van der Waals surface area (Å²) in [5.74, 6) is -1.27. The fourth-order valence-electron chi connectivity index (χ4n) is 1.07. The third-order valence-electron chi connectivity index (χ3n) is 1.92. The van der Waals surface area contributed by atoms with Crippen LogP contribution in [0.15, 0.2) is 17.5 Å². The third kappa shape index (κ3) is 4.30. The molecule has 1 atom stereocenters. The molecule has 0 saturated carbocycles. The molecule has 0 aliphatic carbocycles. The van der Waals surface area contributed by atoms with Crippen LogP contribution in [0.5, 0.6) is 0 Å². The van der Waals surface area contributed by atoms with E-state index < -0.39 is 22.0 Å². The molecule has 0 radical (unpaired) electrons. The van der Waals surface area contributed by atoms with Gasteiger partial charge in [0.2, 0.25) is 10.0 Å². The lowest BCUT2D eigenvalue weighted by molar-refractivity contribution is -0.138. The first-order valence-corrected chi connectivity index (χ1v) is 7.19. The van der Waals surface area contributed by atoms with Crippen molar-refractivity contribution in [2.75, 3.05) is 5.75 Å². The standard InChI is InChI=1S/C9H13NO4S2/c1-7(9(11)12)10-16(13,14)6-4-8-3-2-5-15-8/h2-3,5,7,10H,4,6H2,1H3,(H,11,12). The zero-order valence-electron chi connectivity index (χ0n) is 8.71. The molecule has 0 aliphatic heterocycles. The van der Waals surface area contributed by atoms with E-state index in [9.17, 15) is 13.2 Å². The molecule has 1 aromatic heterocycles. The molecule has 7 heteroatoms. The van der Waals surface area contributed by atoms with Gasteiger partial charge in [-0.25, -0.2) is 13.1 Å². The van der Waals surface area contributed by atoms with Crippen LogP contribution in [0.3, 0.4) is 0 Å². The lowest BCUT2D eigenvalue weighted by atomic mass is 10.4. The maximum Gasteiger partial charge on any atom is 0.321 e. The summed E-state index contributed by atoms with van der Waals surface area (Å²) in [6.45, 7) is 1.30. The van der Waals surface area contributed by atoms with Crippen molar-refractivity contribution in [3.05, 3.63) is 22.4 Å². The highest BCUT2D eigenvalue weighted by atomic mass is 32.2. The van der Waals surface area contributed by atoms with Crippen molar-refractivity contribution in [1.29, 1.82) is 0 Å². The predicted octanol–water partition coefficient (Wildman–Crippen LogP) is 0.683. The second kappa shape index (κ2) is 5.42. The van der Waals surface area contributed by atoms with Crippen molar-refractivity contribution in [3.63, 3.8) is 0 Å². The molecule has 0 fully saturated rings. The average molecular weight is 263 g/mol. The summed E-state index contributed by atoms with van der Waals surface area (Å²) in [5, 5.41) is 10.4. The normalized spacial score (nSPS) is 13.6. The van der Waals surface area contributed by atoms with Crippen LogP contribution in [0, 0.1) is 0 Å². The van der Waals surface area contributed by atoms with E-state index >= 15 is 0 Å². The number of rotatable bonds is 6. The fourth-order valence-corrected chi connectivity index (χ4v) is 3.15. The van der Waals surface area contributed by atoms with Crippen molar-refractivity contribution in [1.82, 2.24) is 4.72 Å². The van der Waals surface area contributed by atoms with Gasteiger partial charge in [0, 0.05) is 4.88 Å². The number of sulfonamides is 1. The van der Waals surface area contributed by atoms with Gasteiger partial charge in [0.15, 0.2) is 0 Å². The Kier molecular flexibility index (Phi) is 4.45. The van der Waals surface area contributed by atoms with Gasteiger partial charge in [0.1, 0.15) is 6.04 Å². The molecule has 0 saturated heterocycles. The third-order valence-corrected chi connectivity index (χ3v) is 4.31. The van der Waals surface area contributed by atoms with E-state index in [4.69, 9.17) is 5.11 Å². The van der Waals surface area contributed by atoms with Crippen molar-refractivity contribution in [2.24, 2.45) is 0 Å². The Hall–Kier alpha value is -0.920. The minimum Gasteiger partial charge on any atom is -0.480 e. The highest BCUT2D eigenvalue weighted by Crippen LogP contribution is 2.09. The van der Waals surface area contributed by atoms with Gasteiger partial charge in [0.05, 0.1) is 5.75 Å². The van der Waals surface area contributed by atoms with Gasteiger partial charge in [-0.1, -0.05) is 6.07 Å². The predicted molar refractivity (Wildman–Crippen MR) is 62.0 cm³/mol. The van der Waals surface area contributed by atoms with Crippen LogP contribution in [0.4, 0.5) is 0 Å². The van der Waals surface area contributed by atoms with Crippen molar-refractivity contribution >= 4 is 27.3 Å². The van der Waals surface area contributed by atoms with Crippen molar-refractivity contribution in [2.45, 2.75) is 19.4 Å². The van der Waals surface area contributed by atoms with Crippen LogP contribution in [-0.4, -0.2) is 31.3 Å². The number of aryl methyl sites for hydroxylation is 1. The number of nitrogens with one attached hydrogen (secondary N) is 1. The second-order valence-electron chi connectivity index (χ2n) is 3.33. The number of carboxylic acids is 1. The molecule has 0 spiro atoms. The van der Waals surface area contributed by atoms with E-state index in [1.165, 1.54) is 18.3 Å². The summed E-state index contributed by atoms with van der Waals surface area (Å²) in [6.07, 6.45) is 0.402. The number of thiophene rings is 1. The minimum atomic E-state index is -3.53. The second-order valence-corrected chi connectivity index (χ2v) is 6.23. The first-order chi connectivity index (χ1) is 7.41.